The van der Waals surface area contributed by atoms with Gasteiger partial charge in [-0.25, -0.2) is 0 Å². The smallest absolute Gasteiger partial charge is 0.114 e. The molecule has 1 aromatic carbocycles. The summed E-state index contributed by atoms with van der Waals surface area (Å²) in [7, 11) is 0. The van der Waals surface area contributed by atoms with Gasteiger partial charge in [0, 0.05) is 43.4 Å². The molecule has 3 rings (SSSR count). The highest BCUT2D eigenvalue weighted by atomic mass is 32.2. The molecule has 0 bridgehead atoms. The molecule has 0 atom stereocenters. The van der Waals surface area contributed by atoms with Crippen LogP contribution < -0.4 is 5.32 Å². The lowest BCUT2D eigenvalue weighted by molar-refractivity contribution is 0.255. The van der Waals surface area contributed by atoms with E-state index in [1.54, 1.807) is 0 Å². The lowest BCUT2D eigenvalue weighted by atomic mass is 10.3. The number of aromatic nitrogens is 3. The lowest BCUT2D eigenvalue weighted by Gasteiger charge is -2.26. The zero-order valence-electron chi connectivity index (χ0n) is 10.2. The van der Waals surface area contributed by atoms with Crippen molar-refractivity contribution in [3.05, 3.63) is 18.2 Å². The second-order valence-corrected chi connectivity index (χ2v) is 5.58. The normalized spacial score (nSPS) is 17.3. The molecular formula is C12H17N5S. The average Bonchev–Trinajstić information content (AvgIpc) is 2.87. The summed E-state index contributed by atoms with van der Waals surface area (Å²) in [5.74, 6) is 1.13. The summed E-state index contributed by atoms with van der Waals surface area (Å²) in [4.78, 5) is 3.78. The van der Waals surface area contributed by atoms with Gasteiger partial charge in [0.15, 0.2) is 0 Å². The summed E-state index contributed by atoms with van der Waals surface area (Å²) < 4.78 is 0. The predicted molar refractivity (Wildman–Crippen MR) is 73.9 cm³/mol. The minimum atomic E-state index is 0.932. The summed E-state index contributed by atoms with van der Waals surface area (Å²) in [5.41, 5.74) is 1.88. The van der Waals surface area contributed by atoms with E-state index in [1.807, 2.05) is 17.8 Å². The topological polar surface area (TPSA) is 56.8 Å². The molecule has 1 aromatic heterocycles. The number of rotatable bonds is 4. The highest BCUT2D eigenvalue weighted by Gasteiger charge is 2.08. The molecule has 0 radical (unpaired) electrons. The second kappa shape index (κ2) is 5.69. The van der Waals surface area contributed by atoms with Crippen LogP contribution >= 0.6 is 11.8 Å². The maximum atomic E-state index is 4.11. The van der Waals surface area contributed by atoms with E-state index in [0.717, 1.165) is 36.4 Å². The first-order valence-electron chi connectivity index (χ1n) is 6.28. The molecule has 1 fully saturated rings. The number of aromatic amines is 1. The Labute approximate surface area is 110 Å². The first-order chi connectivity index (χ1) is 8.92. The monoisotopic (exact) mass is 263 g/mol. The number of piperazine rings is 1. The van der Waals surface area contributed by atoms with Crippen LogP contribution in [0.3, 0.4) is 0 Å². The molecule has 2 heterocycles. The van der Waals surface area contributed by atoms with Gasteiger partial charge in [-0.15, -0.1) is 11.8 Å². The van der Waals surface area contributed by atoms with E-state index in [1.165, 1.54) is 18.0 Å². The van der Waals surface area contributed by atoms with E-state index >= 15 is 0 Å². The lowest BCUT2D eigenvalue weighted by Crippen LogP contribution is -2.44. The molecule has 2 N–H and O–H groups in total. The van der Waals surface area contributed by atoms with E-state index in [-0.39, 0.29) is 0 Å². The van der Waals surface area contributed by atoms with Crippen molar-refractivity contribution in [1.82, 2.24) is 25.6 Å². The molecule has 0 unspecified atom stereocenters. The summed E-state index contributed by atoms with van der Waals surface area (Å²) in [5, 5.41) is 14.2. The van der Waals surface area contributed by atoms with Gasteiger partial charge in [0.2, 0.25) is 0 Å². The summed E-state index contributed by atoms with van der Waals surface area (Å²) in [6.07, 6.45) is 0. The van der Waals surface area contributed by atoms with Gasteiger partial charge in [-0.1, -0.05) is 0 Å². The Morgan fingerprint density at radius 2 is 2.00 bits per heavy atom. The molecule has 1 aliphatic heterocycles. The van der Waals surface area contributed by atoms with Crippen molar-refractivity contribution in [3.63, 3.8) is 0 Å². The number of hydrogen-bond donors (Lipinski definition) is 2. The third kappa shape index (κ3) is 2.82. The Morgan fingerprint density at radius 3 is 2.89 bits per heavy atom. The maximum absolute atomic E-state index is 4.11. The fraction of sp³-hybridized carbons (Fsp3) is 0.500. The van der Waals surface area contributed by atoms with Crippen LogP contribution in [-0.2, 0) is 0 Å². The maximum Gasteiger partial charge on any atom is 0.114 e. The molecule has 2 aromatic rings. The molecule has 1 aliphatic rings. The first kappa shape index (κ1) is 12.0. The SMILES string of the molecule is c1cc2n[nH]nc2cc1SCCN1CCNCC1. The van der Waals surface area contributed by atoms with E-state index in [0.29, 0.717) is 0 Å². The summed E-state index contributed by atoms with van der Waals surface area (Å²) in [6.45, 7) is 5.74. The Hall–Kier alpha value is -1.11. The Morgan fingerprint density at radius 1 is 1.17 bits per heavy atom. The Balaban J connectivity index is 1.52. The fourth-order valence-corrected chi connectivity index (χ4v) is 3.08. The third-order valence-electron chi connectivity index (χ3n) is 3.17. The van der Waals surface area contributed by atoms with Gasteiger partial charge in [-0.05, 0) is 18.2 Å². The fourth-order valence-electron chi connectivity index (χ4n) is 2.14. The summed E-state index contributed by atoms with van der Waals surface area (Å²) in [6, 6.07) is 6.24. The van der Waals surface area contributed by atoms with E-state index in [2.05, 4.69) is 37.8 Å². The Bertz CT molecular complexity index is 506. The van der Waals surface area contributed by atoms with Gasteiger partial charge in [-0.2, -0.15) is 15.4 Å². The number of H-pyrrole nitrogens is 1. The van der Waals surface area contributed by atoms with Crippen molar-refractivity contribution < 1.29 is 0 Å². The van der Waals surface area contributed by atoms with Crippen molar-refractivity contribution in [2.45, 2.75) is 4.90 Å². The van der Waals surface area contributed by atoms with Crippen LogP contribution in [0.15, 0.2) is 23.1 Å². The minimum absolute atomic E-state index is 0.932. The van der Waals surface area contributed by atoms with Gasteiger partial charge in [-0.3, -0.25) is 4.90 Å². The zero-order valence-corrected chi connectivity index (χ0v) is 11.0. The van der Waals surface area contributed by atoms with E-state index in [4.69, 9.17) is 0 Å². The first-order valence-corrected chi connectivity index (χ1v) is 7.27. The van der Waals surface area contributed by atoms with Gasteiger partial charge >= 0.3 is 0 Å². The van der Waals surface area contributed by atoms with Crippen molar-refractivity contribution in [2.24, 2.45) is 0 Å². The highest BCUT2D eigenvalue weighted by Crippen LogP contribution is 2.21. The number of nitrogens with zero attached hydrogens (tertiary/aromatic N) is 3. The Kier molecular flexibility index (Phi) is 3.78. The van der Waals surface area contributed by atoms with Crippen molar-refractivity contribution in [2.75, 3.05) is 38.5 Å². The largest absolute Gasteiger partial charge is 0.314 e. The molecule has 1 saturated heterocycles. The van der Waals surface area contributed by atoms with Crippen LogP contribution in [0.5, 0.6) is 0 Å². The van der Waals surface area contributed by atoms with Gasteiger partial charge in [0.05, 0.1) is 0 Å². The molecule has 0 aliphatic carbocycles. The molecule has 0 amide bonds. The number of benzene rings is 1. The molecule has 0 saturated carbocycles. The quantitative estimate of drug-likeness (QED) is 0.805. The van der Waals surface area contributed by atoms with Crippen molar-refractivity contribution >= 4 is 22.8 Å². The van der Waals surface area contributed by atoms with Crippen LogP contribution in [0.1, 0.15) is 0 Å². The molecule has 0 spiro atoms. The van der Waals surface area contributed by atoms with Gasteiger partial charge < -0.3 is 5.32 Å². The van der Waals surface area contributed by atoms with Crippen LogP contribution in [-0.4, -0.2) is 58.8 Å². The highest BCUT2D eigenvalue weighted by molar-refractivity contribution is 7.99. The summed E-state index contributed by atoms with van der Waals surface area (Å²) >= 11 is 1.89. The molecule has 96 valence electrons. The number of thioether (sulfide) groups is 1. The molecule has 18 heavy (non-hydrogen) atoms. The van der Waals surface area contributed by atoms with E-state index in [9.17, 15) is 0 Å². The number of hydrogen-bond acceptors (Lipinski definition) is 5. The second-order valence-electron chi connectivity index (χ2n) is 4.41. The zero-order chi connectivity index (χ0) is 12.2. The molecule has 6 heteroatoms. The third-order valence-corrected chi connectivity index (χ3v) is 4.15. The average molecular weight is 263 g/mol. The van der Waals surface area contributed by atoms with Crippen LogP contribution in [0, 0.1) is 0 Å². The van der Waals surface area contributed by atoms with Crippen LogP contribution in [0.4, 0.5) is 0 Å². The van der Waals surface area contributed by atoms with E-state index < -0.39 is 0 Å². The standard InChI is InChI=1S/C12H17N5S/c1-2-11-12(15-16-14-11)9-10(1)18-8-7-17-5-3-13-4-6-17/h1-2,9,13H,3-8H2,(H,14,15,16). The van der Waals surface area contributed by atoms with Gasteiger partial charge in [0.25, 0.3) is 0 Å². The molecule has 5 nitrogen and oxygen atoms in total. The predicted octanol–water partition coefficient (Wildman–Crippen LogP) is 0.955. The number of nitrogens with one attached hydrogen (secondary N) is 2. The molecular weight excluding hydrogens is 246 g/mol. The minimum Gasteiger partial charge on any atom is -0.314 e. The van der Waals surface area contributed by atoms with Crippen LogP contribution in [0.25, 0.3) is 11.0 Å². The van der Waals surface area contributed by atoms with Crippen LogP contribution in [0.2, 0.25) is 0 Å². The van der Waals surface area contributed by atoms with Crippen molar-refractivity contribution in [3.8, 4) is 0 Å². The van der Waals surface area contributed by atoms with Gasteiger partial charge in [0.1, 0.15) is 11.0 Å². The number of fused-ring (bicyclic) bond motifs is 1. The van der Waals surface area contributed by atoms with Crippen molar-refractivity contribution in [1.29, 1.82) is 0 Å².